The van der Waals surface area contributed by atoms with Crippen LogP contribution in [0.1, 0.15) is 0 Å². The zero-order chi connectivity index (χ0) is 21.1. The number of para-hydroxylation sites is 2. The van der Waals surface area contributed by atoms with Crippen LogP contribution in [-0.4, -0.2) is 53.4 Å². The summed E-state index contributed by atoms with van der Waals surface area (Å²) >= 11 is 0. The highest BCUT2D eigenvalue weighted by Gasteiger charge is 2.16. The van der Waals surface area contributed by atoms with Crippen molar-refractivity contribution in [3.63, 3.8) is 0 Å². The van der Waals surface area contributed by atoms with E-state index in [1.54, 1.807) is 37.4 Å². The molecule has 0 aliphatic carbocycles. The molecule has 11 nitrogen and oxygen atoms in total. The van der Waals surface area contributed by atoms with Gasteiger partial charge in [-0.1, -0.05) is 12.1 Å². The van der Waals surface area contributed by atoms with Gasteiger partial charge in [0, 0.05) is 0 Å². The van der Waals surface area contributed by atoms with Crippen LogP contribution in [0.4, 0.5) is 23.0 Å². The SMILES string of the molecule is CNCC(=O)Nc1ccc(N)c(N)n1.Nc1ccccc1OC(=O)C(O)CO. The van der Waals surface area contributed by atoms with Crippen LogP contribution in [0.25, 0.3) is 0 Å². The molecule has 0 fully saturated rings. The Morgan fingerprint density at radius 2 is 1.82 bits per heavy atom. The first-order valence-electron chi connectivity index (χ1n) is 8.10. The molecule has 1 amide bonds. The standard InChI is InChI=1S/C9H11NO4.C8H13N5O/c10-6-3-1-2-4-8(6)14-9(13)7(12)5-11;1-11-4-7(14)12-6-3-2-5(9)8(10)13-6/h1-4,7,11-12H,5,10H2;2-3,11H,4,9H2,1H3,(H3,10,12,13,14). The van der Waals surface area contributed by atoms with Crippen molar-refractivity contribution in [1.82, 2.24) is 10.3 Å². The summed E-state index contributed by atoms with van der Waals surface area (Å²) in [4.78, 5) is 26.0. The minimum absolute atomic E-state index is 0.171. The normalized spacial score (nSPS) is 11.0. The molecule has 10 N–H and O–H groups in total. The van der Waals surface area contributed by atoms with Crippen LogP contribution in [0.5, 0.6) is 5.75 Å². The third-order valence-corrected chi connectivity index (χ3v) is 3.14. The molecule has 0 saturated carbocycles. The van der Waals surface area contributed by atoms with Crippen LogP contribution >= 0.6 is 0 Å². The molecule has 0 saturated heterocycles. The Bertz CT molecular complexity index is 801. The lowest BCUT2D eigenvalue weighted by molar-refractivity contribution is -0.145. The number of anilines is 4. The number of likely N-dealkylation sites (N-methyl/N-ethyl adjacent to an activating group) is 1. The minimum Gasteiger partial charge on any atom is -0.422 e. The Morgan fingerprint density at radius 3 is 2.39 bits per heavy atom. The first kappa shape index (κ1) is 22.6. The van der Waals surface area contributed by atoms with Crippen LogP contribution in [-0.2, 0) is 9.59 Å². The van der Waals surface area contributed by atoms with E-state index in [2.05, 4.69) is 15.6 Å². The number of ether oxygens (including phenoxy) is 1. The van der Waals surface area contributed by atoms with Gasteiger partial charge in [-0.2, -0.15) is 0 Å². The van der Waals surface area contributed by atoms with Gasteiger partial charge in [0.25, 0.3) is 0 Å². The van der Waals surface area contributed by atoms with Crippen molar-refractivity contribution in [2.45, 2.75) is 6.10 Å². The predicted octanol–water partition coefficient (Wildman–Crippen LogP) is -1.07. The molecule has 1 atom stereocenters. The van der Waals surface area contributed by atoms with E-state index in [1.165, 1.54) is 6.07 Å². The number of rotatable bonds is 6. The maximum absolute atomic E-state index is 11.1. The van der Waals surface area contributed by atoms with E-state index in [0.717, 1.165) is 0 Å². The fourth-order valence-electron chi connectivity index (χ4n) is 1.73. The highest BCUT2D eigenvalue weighted by molar-refractivity contribution is 5.91. The van der Waals surface area contributed by atoms with E-state index >= 15 is 0 Å². The zero-order valence-electron chi connectivity index (χ0n) is 15.3. The Hall–Kier alpha value is -3.41. The summed E-state index contributed by atoms with van der Waals surface area (Å²) in [6.45, 7) is -0.447. The van der Waals surface area contributed by atoms with Gasteiger partial charge < -0.3 is 42.8 Å². The van der Waals surface area contributed by atoms with Gasteiger partial charge in [-0.3, -0.25) is 4.79 Å². The van der Waals surface area contributed by atoms with Gasteiger partial charge in [0.2, 0.25) is 5.91 Å². The zero-order valence-corrected chi connectivity index (χ0v) is 15.3. The van der Waals surface area contributed by atoms with Crippen LogP contribution in [0, 0.1) is 0 Å². The number of carbonyl (C=O) groups is 2. The number of nitrogen functional groups attached to an aromatic ring is 3. The first-order valence-corrected chi connectivity index (χ1v) is 8.10. The van der Waals surface area contributed by atoms with Gasteiger partial charge in [-0.25, -0.2) is 9.78 Å². The number of pyridine rings is 1. The molecular weight excluding hydrogens is 368 g/mol. The molecule has 2 rings (SSSR count). The largest absolute Gasteiger partial charge is 0.422 e. The Morgan fingerprint density at radius 1 is 1.14 bits per heavy atom. The van der Waals surface area contributed by atoms with Crippen molar-refractivity contribution < 1.29 is 24.5 Å². The fraction of sp³-hybridized carbons (Fsp3) is 0.235. The van der Waals surface area contributed by atoms with Crippen LogP contribution in [0.3, 0.4) is 0 Å². The first-order chi connectivity index (χ1) is 13.3. The average molecular weight is 392 g/mol. The highest BCUT2D eigenvalue weighted by atomic mass is 16.6. The van der Waals surface area contributed by atoms with Crippen LogP contribution in [0.2, 0.25) is 0 Å². The number of amides is 1. The number of hydrogen-bond donors (Lipinski definition) is 7. The van der Waals surface area contributed by atoms with Crippen molar-refractivity contribution >= 4 is 34.9 Å². The molecule has 11 heteroatoms. The number of carbonyl (C=O) groups excluding carboxylic acids is 2. The third kappa shape index (κ3) is 7.45. The number of aliphatic hydroxyl groups is 2. The predicted molar refractivity (Wildman–Crippen MR) is 105 cm³/mol. The average Bonchev–Trinajstić information content (AvgIpc) is 2.66. The Balaban J connectivity index is 0.000000280. The molecule has 1 heterocycles. The molecule has 152 valence electrons. The van der Waals surface area contributed by atoms with Gasteiger partial charge in [0.05, 0.1) is 24.5 Å². The second-order valence-electron chi connectivity index (χ2n) is 5.41. The van der Waals surface area contributed by atoms with Crippen molar-refractivity contribution in [3.05, 3.63) is 36.4 Å². The lowest BCUT2D eigenvalue weighted by atomic mass is 10.3. The monoisotopic (exact) mass is 392 g/mol. The van der Waals surface area contributed by atoms with Gasteiger partial charge in [-0.15, -0.1) is 0 Å². The molecule has 28 heavy (non-hydrogen) atoms. The number of aromatic nitrogens is 1. The topological polar surface area (TPSA) is 199 Å². The van der Waals surface area contributed by atoms with Crippen molar-refractivity contribution in [2.24, 2.45) is 0 Å². The number of aliphatic hydroxyl groups excluding tert-OH is 2. The minimum atomic E-state index is -1.53. The van der Waals surface area contributed by atoms with E-state index in [4.69, 9.17) is 32.2 Å². The smallest absolute Gasteiger partial charge is 0.342 e. The number of benzene rings is 1. The maximum atomic E-state index is 11.1. The molecule has 1 aromatic carbocycles. The summed E-state index contributed by atoms with van der Waals surface area (Å²) in [5.41, 5.74) is 17.1. The van der Waals surface area contributed by atoms with E-state index in [0.29, 0.717) is 17.2 Å². The van der Waals surface area contributed by atoms with E-state index in [9.17, 15) is 9.59 Å². The number of hydrogen-bond acceptors (Lipinski definition) is 10. The highest BCUT2D eigenvalue weighted by Crippen LogP contribution is 2.20. The van der Waals surface area contributed by atoms with Crippen molar-refractivity contribution in [2.75, 3.05) is 42.7 Å². The molecule has 0 aliphatic heterocycles. The second kappa shape index (κ2) is 11.3. The molecular formula is C17H24N6O5. The lowest BCUT2D eigenvalue weighted by Crippen LogP contribution is -2.29. The number of esters is 1. The second-order valence-corrected chi connectivity index (χ2v) is 5.41. The van der Waals surface area contributed by atoms with E-state index in [1.807, 2.05) is 0 Å². The summed E-state index contributed by atoms with van der Waals surface area (Å²) in [6, 6.07) is 9.58. The molecule has 1 aromatic heterocycles. The number of nitrogens with two attached hydrogens (primary N) is 3. The summed E-state index contributed by atoms with van der Waals surface area (Å²) in [7, 11) is 1.68. The molecule has 1 unspecified atom stereocenters. The van der Waals surface area contributed by atoms with Gasteiger partial charge in [0.1, 0.15) is 11.6 Å². The van der Waals surface area contributed by atoms with Crippen molar-refractivity contribution in [1.29, 1.82) is 0 Å². The van der Waals surface area contributed by atoms with Gasteiger partial charge in [-0.05, 0) is 31.3 Å². The number of nitrogens with one attached hydrogen (secondary N) is 2. The van der Waals surface area contributed by atoms with Gasteiger partial charge in [0.15, 0.2) is 11.9 Å². The van der Waals surface area contributed by atoms with Crippen molar-refractivity contribution in [3.8, 4) is 5.75 Å². The Kier molecular flexibility index (Phi) is 9.16. The fourth-order valence-corrected chi connectivity index (χ4v) is 1.73. The summed E-state index contributed by atoms with van der Waals surface area (Å²) < 4.78 is 4.72. The van der Waals surface area contributed by atoms with Crippen LogP contribution in [0.15, 0.2) is 36.4 Å². The molecule has 0 radical (unpaired) electrons. The molecule has 2 aromatic rings. The lowest BCUT2D eigenvalue weighted by Gasteiger charge is -2.08. The Labute approximate surface area is 161 Å². The summed E-state index contributed by atoms with van der Waals surface area (Å²) in [5.74, 6) is -0.316. The van der Waals surface area contributed by atoms with E-state index in [-0.39, 0.29) is 24.0 Å². The number of nitrogens with zero attached hydrogens (tertiary/aromatic N) is 1. The van der Waals surface area contributed by atoms with Crippen LogP contribution < -0.4 is 32.6 Å². The van der Waals surface area contributed by atoms with Gasteiger partial charge >= 0.3 is 5.97 Å². The summed E-state index contributed by atoms with van der Waals surface area (Å²) in [5, 5.41) is 22.7. The third-order valence-electron chi connectivity index (χ3n) is 3.14. The maximum Gasteiger partial charge on any atom is 0.342 e. The molecule has 0 bridgehead atoms. The summed E-state index contributed by atoms with van der Waals surface area (Å²) in [6.07, 6.45) is -1.53. The quantitative estimate of drug-likeness (QED) is 0.180. The molecule has 0 spiro atoms. The van der Waals surface area contributed by atoms with E-state index < -0.39 is 18.7 Å². The molecule has 0 aliphatic rings.